The normalized spacial score (nSPS) is 15.8. The molecule has 0 aromatic carbocycles. The molecule has 2 aromatic rings. The lowest BCUT2D eigenvalue weighted by atomic mass is 10.4. The summed E-state index contributed by atoms with van der Waals surface area (Å²) in [5, 5.41) is 8.04. The van der Waals surface area contributed by atoms with Gasteiger partial charge in [-0.2, -0.15) is 9.61 Å². The number of nitrogens with zero attached hydrogens (tertiary/aromatic N) is 3. The van der Waals surface area contributed by atoms with E-state index in [1.54, 1.807) is 10.7 Å². The Morgan fingerprint density at radius 3 is 3.20 bits per heavy atom. The molecule has 0 radical (unpaired) electrons. The van der Waals surface area contributed by atoms with Gasteiger partial charge in [0.2, 0.25) is 0 Å². The Bertz CT molecular complexity index is 489. The van der Waals surface area contributed by atoms with Gasteiger partial charge in [-0.15, -0.1) is 0 Å². The van der Waals surface area contributed by atoms with Crippen molar-refractivity contribution < 1.29 is 0 Å². The monoisotopic (exact) mass is 222 g/mol. The quantitative estimate of drug-likeness (QED) is 0.810. The molecule has 2 heterocycles. The third-order valence-corrected chi connectivity index (χ3v) is 2.79. The summed E-state index contributed by atoms with van der Waals surface area (Å²) < 4.78 is 1.77. The van der Waals surface area contributed by atoms with Crippen LogP contribution in [0.2, 0.25) is 5.15 Å². The summed E-state index contributed by atoms with van der Waals surface area (Å²) >= 11 is 5.92. The van der Waals surface area contributed by atoms with Crippen LogP contribution in [0.15, 0.2) is 18.3 Å². The Hall–Kier alpha value is -1.29. The number of fused-ring (bicyclic) bond motifs is 1. The van der Waals surface area contributed by atoms with Gasteiger partial charge in [0, 0.05) is 18.7 Å². The molecule has 0 unspecified atom stereocenters. The summed E-state index contributed by atoms with van der Waals surface area (Å²) in [4.78, 5) is 4.16. The van der Waals surface area contributed by atoms with Gasteiger partial charge in [0.1, 0.15) is 11.0 Å². The predicted molar refractivity (Wildman–Crippen MR) is 59.2 cm³/mol. The summed E-state index contributed by atoms with van der Waals surface area (Å²) in [6.07, 6.45) is 4.38. The van der Waals surface area contributed by atoms with Gasteiger partial charge < -0.3 is 5.32 Å². The lowest BCUT2D eigenvalue weighted by Crippen LogP contribution is -2.08. The Morgan fingerprint density at radius 2 is 2.40 bits per heavy atom. The smallest absolute Gasteiger partial charge is 0.159 e. The van der Waals surface area contributed by atoms with Crippen molar-refractivity contribution in [3.63, 3.8) is 0 Å². The average molecular weight is 223 g/mol. The first-order valence-corrected chi connectivity index (χ1v) is 5.45. The molecule has 0 atom stereocenters. The fraction of sp³-hybridized carbons (Fsp3) is 0.400. The second-order valence-corrected chi connectivity index (χ2v) is 4.28. The molecule has 1 fully saturated rings. The van der Waals surface area contributed by atoms with Gasteiger partial charge in [0.15, 0.2) is 5.65 Å². The fourth-order valence-corrected chi connectivity index (χ4v) is 1.77. The number of anilines is 1. The second kappa shape index (κ2) is 3.38. The molecule has 0 aliphatic heterocycles. The van der Waals surface area contributed by atoms with Crippen LogP contribution >= 0.6 is 11.6 Å². The Labute approximate surface area is 92.3 Å². The molecule has 0 saturated heterocycles. The highest BCUT2D eigenvalue weighted by molar-refractivity contribution is 6.29. The minimum atomic E-state index is 0.501. The van der Waals surface area contributed by atoms with Crippen LogP contribution in [0.3, 0.4) is 0 Å². The number of halogens is 1. The summed E-state index contributed by atoms with van der Waals surface area (Å²) in [5.41, 5.74) is 0.779. The lowest BCUT2D eigenvalue weighted by Gasteiger charge is -2.07. The number of nitrogens with one attached hydrogen (secondary N) is 1. The number of hydrogen-bond acceptors (Lipinski definition) is 3. The van der Waals surface area contributed by atoms with Crippen LogP contribution in [-0.2, 0) is 0 Å². The van der Waals surface area contributed by atoms with Gasteiger partial charge in [-0.3, -0.25) is 0 Å². The molecule has 5 heteroatoms. The average Bonchev–Trinajstić information content (AvgIpc) is 2.92. The maximum Gasteiger partial charge on any atom is 0.159 e. The van der Waals surface area contributed by atoms with Crippen molar-refractivity contribution in [1.82, 2.24) is 14.6 Å². The van der Waals surface area contributed by atoms with Crippen molar-refractivity contribution in [2.45, 2.75) is 12.8 Å². The van der Waals surface area contributed by atoms with Crippen LogP contribution in [0.25, 0.3) is 5.65 Å². The van der Waals surface area contributed by atoms with Crippen molar-refractivity contribution in [3.05, 3.63) is 23.5 Å². The van der Waals surface area contributed by atoms with Gasteiger partial charge >= 0.3 is 0 Å². The fourth-order valence-electron chi connectivity index (χ4n) is 1.58. The number of rotatable bonds is 3. The van der Waals surface area contributed by atoms with E-state index in [4.69, 9.17) is 11.6 Å². The first-order chi connectivity index (χ1) is 7.33. The van der Waals surface area contributed by atoms with Crippen molar-refractivity contribution in [1.29, 1.82) is 0 Å². The van der Waals surface area contributed by atoms with Gasteiger partial charge in [0.05, 0.1) is 6.20 Å². The predicted octanol–water partition coefficient (Wildman–Crippen LogP) is 2.20. The van der Waals surface area contributed by atoms with Crippen LogP contribution in [0.5, 0.6) is 0 Å². The first kappa shape index (κ1) is 8.97. The van der Waals surface area contributed by atoms with E-state index in [9.17, 15) is 0 Å². The van der Waals surface area contributed by atoms with E-state index < -0.39 is 0 Å². The van der Waals surface area contributed by atoms with Gasteiger partial charge in [-0.25, -0.2) is 4.98 Å². The minimum Gasteiger partial charge on any atom is -0.370 e. The van der Waals surface area contributed by atoms with Gasteiger partial charge in [-0.1, -0.05) is 11.6 Å². The van der Waals surface area contributed by atoms with E-state index in [0.29, 0.717) is 5.15 Å². The van der Waals surface area contributed by atoms with Crippen molar-refractivity contribution >= 4 is 23.1 Å². The van der Waals surface area contributed by atoms with E-state index in [-0.39, 0.29) is 0 Å². The van der Waals surface area contributed by atoms with Crippen LogP contribution in [0, 0.1) is 5.92 Å². The van der Waals surface area contributed by atoms with E-state index >= 15 is 0 Å². The first-order valence-electron chi connectivity index (χ1n) is 5.07. The van der Waals surface area contributed by atoms with Gasteiger partial charge in [-0.05, 0) is 18.8 Å². The number of hydrogen-bond donors (Lipinski definition) is 1. The van der Waals surface area contributed by atoms with Crippen molar-refractivity contribution in [3.8, 4) is 0 Å². The van der Waals surface area contributed by atoms with E-state index in [0.717, 1.165) is 23.9 Å². The minimum absolute atomic E-state index is 0.501. The SMILES string of the molecule is Clc1cc(NCC2CC2)n2nccc2n1. The zero-order chi connectivity index (χ0) is 10.3. The highest BCUT2D eigenvalue weighted by Gasteiger charge is 2.21. The molecule has 0 spiro atoms. The largest absolute Gasteiger partial charge is 0.370 e. The summed E-state index contributed by atoms with van der Waals surface area (Å²) in [6, 6.07) is 3.65. The molecular formula is C10H11ClN4. The van der Waals surface area contributed by atoms with E-state index in [1.807, 2.05) is 12.1 Å². The van der Waals surface area contributed by atoms with Gasteiger partial charge in [0.25, 0.3) is 0 Å². The zero-order valence-corrected chi connectivity index (χ0v) is 8.91. The van der Waals surface area contributed by atoms with Crippen molar-refractivity contribution in [2.75, 3.05) is 11.9 Å². The highest BCUT2D eigenvalue weighted by Crippen LogP contribution is 2.29. The summed E-state index contributed by atoms with van der Waals surface area (Å²) in [5.74, 6) is 1.74. The molecule has 1 saturated carbocycles. The second-order valence-electron chi connectivity index (χ2n) is 3.89. The van der Waals surface area contributed by atoms with Crippen LogP contribution in [-0.4, -0.2) is 21.1 Å². The third kappa shape index (κ3) is 1.77. The van der Waals surface area contributed by atoms with Crippen LogP contribution in [0.1, 0.15) is 12.8 Å². The maximum absolute atomic E-state index is 5.92. The lowest BCUT2D eigenvalue weighted by molar-refractivity contribution is 0.856. The molecule has 78 valence electrons. The molecule has 3 rings (SSSR count). The molecule has 0 amide bonds. The summed E-state index contributed by atoms with van der Waals surface area (Å²) in [6.45, 7) is 0.995. The molecule has 0 bridgehead atoms. The molecule has 4 nitrogen and oxygen atoms in total. The maximum atomic E-state index is 5.92. The Kier molecular flexibility index (Phi) is 2.02. The molecule has 2 aromatic heterocycles. The Morgan fingerprint density at radius 1 is 1.53 bits per heavy atom. The molecule has 1 aliphatic rings. The molecule has 1 aliphatic carbocycles. The Balaban J connectivity index is 1.95. The topological polar surface area (TPSA) is 42.2 Å². The summed E-state index contributed by atoms with van der Waals surface area (Å²) in [7, 11) is 0. The third-order valence-electron chi connectivity index (χ3n) is 2.60. The van der Waals surface area contributed by atoms with Crippen molar-refractivity contribution in [2.24, 2.45) is 5.92 Å². The molecule has 15 heavy (non-hydrogen) atoms. The molecular weight excluding hydrogens is 212 g/mol. The standard InChI is InChI=1S/C10H11ClN4/c11-8-5-10(12-6-7-1-2-7)15-9(14-8)3-4-13-15/h3-5,7,12H,1-2,6H2. The van der Waals surface area contributed by atoms with Crippen LogP contribution in [0.4, 0.5) is 5.82 Å². The van der Waals surface area contributed by atoms with E-state index in [1.165, 1.54) is 12.8 Å². The number of aromatic nitrogens is 3. The van der Waals surface area contributed by atoms with E-state index in [2.05, 4.69) is 15.4 Å². The van der Waals surface area contributed by atoms with Crippen LogP contribution < -0.4 is 5.32 Å². The highest BCUT2D eigenvalue weighted by atomic mass is 35.5. The zero-order valence-electron chi connectivity index (χ0n) is 8.15. The molecule has 1 N–H and O–H groups in total.